The zero-order valence-corrected chi connectivity index (χ0v) is 17.9. The molecule has 0 saturated heterocycles. The summed E-state index contributed by atoms with van der Waals surface area (Å²) in [5, 5.41) is 5.07. The number of benzene rings is 3. The third kappa shape index (κ3) is 4.72. The number of amides is 1. The van der Waals surface area contributed by atoms with Crippen molar-refractivity contribution in [1.29, 1.82) is 0 Å². The maximum atomic E-state index is 12.4. The minimum absolute atomic E-state index is 0.308. The number of carbonyl (C=O) groups excluding carboxylic acids is 1. The molecule has 0 radical (unpaired) electrons. The van der Waals surface area contributed by atoms with Crippen LogP contribution in [-0.2, 0) is 6.61 Å². The number of aryl methyl sites for hydroxylation is 1. The van der Waals surface area contributed by atoms with Crippen molar-refractivity contribution in [3.8, 4) is 5.75 Å². The molecule has 0 bridgehead atoms. The number of para-hydroxylation sites is 1. The SMILES string of the molecule is Cc1ccc2nc(COc3ccc(C(=O)N/N=C/c4ccc5ccccc5n4)cc3)[nH]c2c1. The molecule has 33 heavy (non-hydrogen) atoms. The Hall–Kier alpha value is -4.52. The number of imidazole rings is 1. The number of rotatable bonds is 6. The molecular formula is C26H21N5O2. The largest absolute Gasteiger partial charge is 0.486 e. The van der Waals surface area contributed by atoms with Gasteiger partial charge in [-0.25, -0.2) is 15.4 Å². The molecule has 0 spiro atoms. The van der Waals surface area contributed by atoms with Crippen LogP contribution in [0.5, 0.6) is 5.75 Å². The summed E-state index contributed by atoms with van der Waals surface area (Å²) in [5.74, 6) is 1.08. The smallest absolute Gasteiger partial charge is 0.271 e. The molecule has 0 aliphatic carbocycles. The third-order valence-electron chi connectivity index (χ3n) is 5.16. The first kappa shape index (κ1) is 20.4. The number of carbonyl (C=O) groups is 1. The molecule has 162 valence electrons. The van der Waals surface area contributed by atoms with Crippen molar-refractivity contribution < 1.29 is 9.53 Å². The van der Waals surface area contributed by atoms with Crippen molar-refractivity contribution in [1.82, 2.24) is 20.4 Å². The molecule has 7 heteroatoms. The molecule has 0 aliphatic rings. The van der Waals surface area contributed by atoms with E-state index in [0.29, 0.717) is 23.6 Å². The minimum Gasteiger partial charge on any atom is -0.486 e. The molecule has 7 nitrogen and oxygen atoms in total. The third-order valence-corrected chi connectivity index (χ3v) is 5.16. The molecule has 0 aliphatic heterocycles. The zero-order chi connectivity index (χ0) is 22.6. The molecule has 5 aromatic rings. The Bertz CT molecular complexity index is 1470. The summed E-state index contributed by atoms with van der Waals surface area (Å²) in [6.45, 7) is 2.35. The predicted molar refractivity (Wildman–Crippen MR) is 128 cm³/mol. The van der Waals surface area contributed by atoms with Crippen molar-refractivity contribution in [2.45, 2.75) is 13.5 Å². The number of nitrogens with one attached hydrogen (secondary N) is 2. The number of hydrogen-bond donors (Lipinski definition) is 2. The fourth-order valence-corrected chi connectivity index (χ4v) is 3.47. The van der Waals surface area contributed by atoms with Crippen LogP contribution < -0.4 is 10.2 Å². The van der Waals surface area contributed by atoms with Crippen LogP contribution in [0, 0.1) is 6.92 Å². The van der Waals surface area contributed by atoms with Gasteiger partial charge in [0.2, 0.25) is 0 Å². The van der Waals surface area contributed by atoms with E-state index < -0.39 is 0 Å². The summed E-state index contributed by atoms with van der Waals surface area (Å²) >= 11 is 0. The highest BCUT2D eigenvalue weighted by molar-refractivity contribution is 5.95. The van der Waals surface area contributed by atoms with Gasteiger partial charge >= 0.3 is 0 Å². The normalized spacial score (nSPS) is 11.3. The van der Waals surface area contributed by atoms with E-state index in [-0.39, 0.29) is 5.91 Å². The number of hydrogen-bond acceptors (Lipinski definition) is 5. The average molecular weight is 435 g/mol. The van der Waals surface area contributed by atoms with Crippen LogP contribution >= 0.6 is 0 Å². The Morgan fingerprint density at radius 3 is 2.73 bits per heavy atom. The van der Waals surface area contributed by atoms with Gasteiger partial charge in [0.05, 0.1) is 28.5 Å². The van der Waals surface area contributed by atoms with Gasteiger partial charge in [-0.05, 0) is 61.0 Å². The van der Waals surface area contributed by atoms with E-state index in [1.807, 2.05) is 55.5 Å². The van der Waals surface area contributed by atoms with Gasteiger partial charge in [-0.15, -0.1) is 0 Å². The number of pyridine rings is 1. The van der Waals surface area contributed by atoms with Crippen molar-refractivity contribution in [2.24, 2.45) is 5.10 Å². The molecular weight excluding hydrogens is 414 g/mol. The van der Waals surface area contributed by atoms with E-state index in [1.165, 1.54) is 11.8 Å². The van der Waals surface area contributed by atoms with Gasteiger partial charge in [0.25, 0.3) is 5.91 Å². The molecule has 0 fully saturated rings. The molecule has 0 atom stereocenters. The van der Waals surface area contributed by atoms with Crippen LogP contribution in [0.15, 0.2) is 84.0 Å². The first-order valence-corrected chi connectivity index (χ1v) is 10.5. The Labute approximate surface area is 190 Å². The van der Waals surface area contributed by atoms with Crippen LogP contribution in [0.2, 0.25) is 0 Å². The van der Waals surface area contributed by atoms with Gasteiger partial charge in [0.1, 0.15) is 18.2 Å². The molecule has 1 amide bonds. The molecule has 2 aromatic heterocycles. The Morgan fingerprint density at radius 1 is 1.00 bits per heavy atom. The number of H-pyrrole nitrogens is 1. The lowest BCUT2D eigenvalue weighted by molar-refractivity contribution is 0.0955. The lowest BCUT2D eigenvalue weighted by Crippen LogP contribution is -2.17. The van der Waals surface area contributed by atoms with Crippen molar-refractivity contribution in [3.63, 3.8) is 0 Å². The first-order valence-electron chi connectivity index (χ1n) is 10.5. The van der Waals surface area contributed by atoms with Gasteiger partial charge in [-0.1, -0.05) is 30.3 Å². The van der Waals surface area contributed by atoms with Crippen molar-refractivity contribution in [3.05, 3.63) is 102 Å². The van der Waals surface area contributed by atoms with E-state index >= 15 is 0 Å². The number of aromatic amines is 1. The fourth-order valence-electron chi connectivity index (χ4n) is 3.47. The second-order valence-corrected chi connectivity index (χ2v) is 7.65. The van der Waals surface area contributed by atoms with Crippen LogP contribution in [0.1, 0.15) is 27.4 Å². The molecule has 3 aromatic carbocycles. The monoisotopic (exact) mass is 435 g/mol. The minimum atomic E-state index is -0.314. The fraction of sp³-hybridized carbons (Fsp3) is 0.0769. The van der Waals surface area contributed by atoms with E-state index in [4.69, 9.17) is 4.74 Å². The molecule has 5 rings (SSSR count). The maximum Gasteiger partial charge on any atom is 0.271 e. The Morgan fingerprint density at radius 2 is 1.85 bits per heavy atom. The second kappa shape index (κ2) is 8.92. The van der Waals surface area contributed by atoms with E-state index in [0.717, 1.165) is 27.8 Å². The van der Waals surface area contributed by atoms with Crippen LogP contribution in [-0.4, -0.2) is 27.1 Å². The lowest BCUT2D eigenvalue weighted by Gasteiger charge is -2.05. The molecule has 0 unspecified atom stereocenters. The molecule has 0 saturated carbocycles. The summed E-state index contributed by atoms with van der Waals surface area (Å²) in [4.78, 5) is 24.6. The van der Waals surface area contributed by atoms with E-state index in [9.17, 15) is 4.79 Å². The highest BCUT2D eigenvalue weighted by Crippen LogP contribution is 2.17. The van der Waals surface area contributed by atoms with Gasteiger partial charge in [0, 0.05) is 10.9 Å². The highest BCUT2D eigenvalue weighted by Gasteiger charge is 2.07. The average Bonchev–Trinajstić information content (AvgIpc) is 3.25. The van der Waals surface area contributed by atoms with Crippen molar-refractivity contribution in [2.75, 3.05) is 0 Å². The zero-order valence-electron chi connectivity index (χ0n) is 17.9. The van der Waals surface area contributed by atoms with E-state index in [1.54, 1.807) is 24.3 Å². The van der Waals surface area contributed by atoms with Gasteiger partial charge in [-0.2, -0.15) is 5.10 Å². The quantitative estimate of drug-likeness (QED) is 0.297. The van der Waals surface area contributed by atoms with Crippen LogP contribution in [0.3, 0.4) is 0 Å². The first-order chi connectivity index (χ1) is 16.1. The second-order valence-electron chi connectivity index (χ2n) is 7.65. The summed E-state index contributed by atoms with van der Waals surface area (Å²) in [6.07, 6.45) is 1.52. The molecule has 2 heterocycles. The standard InChI is InChI=1S/C26H21N5O2/c1-17-6-13-23-24(14-17)30-25(29-23)16-33-21-11-8-19(9-12-21)26(32)31-27-15-20-10-7-18-4-2-3-5-22(18)28-20/h2-15H,16H2,1H3,(H,29,30)(H,31,32)/b27-15+. The van der Waals surface area contributed by atoms with Gasteiger partial charge < -0.3 is 9.72 Å². The predicted octanol–water partition coefficient (Wildman–Crippen LogP) is 4.76. The summed E-state index contributed by atoms with van der Waals surface area (Å²) < 4.78 is 5.80. The maximum absolute atomic E-state index is 12.4. The number of ether oxygens (including phenoxy) is 1. The summed E-state index contributed by atoms with van der Waals surface area (Å²) in [7, 11) is 0. The Balaban J connectivity index is 1.17. The summed E-state index contributed by atoms with van der Waals surface area (Å²) in [5.41, 5.74) is 7.61. The summed E-state index contributed by atoms with van der Waals surface area (Å²) in [6, 6.07) is 24.6. The van der Waals surface area contributed by atoms with Gasteiger partial charge in [0.15, 0.2) is 0 Å². The van der Waals surface area contributed by atoms with Crippen LogP contribution in [0.4, 0.5) is 0 Å². The number of aromatic nitrogens is 3. The highest BCUT2D eigenvalue weighted by atomic mass is 16.5. The number of nitrogens with zero attached hydrogens (tertiary/aromatic N) is 3. The van der Waals surface area contributed by atoms with E-state index in [2.05, 4.69) is 31.5 Å². The Kier molecular flexibility index (Phi) is 5.51. The van der Waals surface area contributed by atoms with Gasteiger partial charge in [-0.3, -0.25) is 4.79 Å². The van der Waals surface area contributed by atoms with Crippen LogP contribution in [0.25, 0.3) is 21.9 Å². The lowest BCUT2D eigenvalue weighted by atomic mass is 10.2. The van der Waals surface area contributed by atoms with Crippen molar-refractivity contribution >= 4 is 34.1 Å². The topological polar surface area (TPSA) is 92.3 Å². The number of hydrazone groups is 1. The number of fused-ring (bicyclic) bond motifs is 2. The molecule has 2 N–H and O–H groups in total.